The minimum atomic E-state index is -0.504. The summed E-state index contributed by atoms with van der Waals surface area (Å²) in [6.07, 6.45) is 5.41. The number of rotatable bonds is 4. The molecular formula is C18H18N2O4S. The summed E-state index contributed by atoms with van der Waals surface area (Å²) in [6, 6.07) is 10.5. The third-order valence-electron chi connectivity index (χ3n) is 4.32. The highest BCUT2D eigenvalue weighted by molar-refractivity contribution is 7.99. The maximum atomic E-state index is 12.1. The molecule has 1 aliphatic carbocycles. The fourth-order valence-electron chi connectivity index (χ4n) is 3.15. The van der Waals surface area contributed by atoms with E-state index in [1.807, 2.05) is 6.07 Å². The fourth-order valence-corrected chi connectivity index (χ4v) is 3.86. The van der Waals surface area contributed by atoms with Crippen LogP contribution in [0.25, 0.3) is 0 Å². The van der Waals surface area contributed by atoms with Crippen LogP contribution in [0.15, 0.2) is 47.6 Å². The zero-order valence-electron chi connectivity index (χ0n) is 13.6. The predicted molar refractivity (Wildman–Crippen MR) is 93.7 cm³/mol. The summed E-state index contributed by atoms with van der Waals surface area (Å²) >= 11 is 1.20. The lowest BCUT2D eigenvalue weighted by Gasteiger charge is -2.21. The van der Waals surface area contributed by atoms with E-state index < -0.39 is 5.79 Å². The lowest BCUT2D eigenvalue weighted by atomic mass is 10.2. The van der Waals surface area contributed by atoms with Crippen LogP contribution in [-0.4, -0.2) is 17.4 Å². The summed E-state index contributed by atoms with van der Waals surface area (Å²) in [7, 11) is 0. The number of hydrogen-bond acceptors (Lipinski definition) is 5. The molecule has 0 atom stereocenters. The van der Waals surface area contributed by atoms with E-state index in [0.29, 0.717) is 16.5 Å². The van der Waals surface area contributed by atoms with Crippen LogP contribution in [-0.2, 0) is 4.79 Å². The molecule has 6 nitrogen and oxygen atoms in total. The van der Waals surface area contributed by atoms with Crippen molar-refractivity contribution < 1.29 is 19.0 Å². The first-order chi connectivity index (χ1) is 12.1. The minimum absolute atomic E-state index is 0.157. The van der Waals surface area contributed by atoms with Gasteiger partial charge in [0.15, 0.2) is 17.7 Å². The van der Waals surface area contributed by atoms with Crippen molar-refractivity contribution >= 4 is 23.4 Å². The van der Waals surface area contributed by atoms with Gasteiger partial charge in [-0.1, -0.05) is 0 Å². The number of carbonyl (C=O) groups excluding carboxylic acids is 1. The number of pyridine rings is 1. The Labute approximate surface area is 149 Å². The van der Waals surface area contributed by atoms with Crippen LogP contribution in [0.1, 0.15) is 25.7 Å². The molecule has 25 heavy (non-hydrogen) atoms. The zero-order valence-corrected chi connectivity index (χ0v) is 14.4. The van der Waals surface area contributed by atoms with Crippen LogP contribution >= 0.6 is 11.8 Å². The molecule has 0 unspecified atom stereocenters. The summed E-state index contributed by atoms with van der Waals surface area (Å²) < 4.78 is 12.7. The van der Waals surface area contributed by atoms with Crippen molar-refractivity contribution in [1.29, 1.82) is 0 Å². The Morgan fingerprint density at radius 3 is 2.80 bits per heavy atom. The number of hydrogen-bond donors (Lipinski definition) is 1. The molecule has 0 saturated heterocycles. The summed E-state index contributed by atoms with van der Waals surface area (Å²) in [5.41, 5.74) is 0.658. The third kappa shape index (κ3) is 3.37. The van der Waals surface area contributed by atoms with Crippen LogP contribution in [0.3, 0.4) is 0 Å². The van der Waals surface area contributed by atoms with Gasteiger partial charge in [0.25, 0.3) is 10.8 Å². The maximum absolute atomic E-state index is 12.1. The van der Waals surface area contributed by atoms with E-state index in [1.54, 1.807) is 30.3 Å². The van der Waals surface area contributed by atoms with Crippen molar-refractivity contribution in [3.8, 4) is 11.5 Å². The highest BCUT2D eigenvalue weighted by atomic mass is 32.2. The first-order valence-electron chi connectivity index (χ1n) is 8.27. The molecule has 7 heteroatoms. The average Bonchev–Trinajstić information content (AvgIpc) is 3.20. The molecule has 1 fully saturated rings. The number of nitrogens with one attached hydrogen (secondary N) is 1. The van der Waals surface area contributed by atoms with Gasteiger partial charge in [0.2, 0.25) is 5.91 Å². The Hall–Kier alpha value is -2.41. The SMILES string of the molecule is O=C(CSc1cccc[n+]1[O-])Nc1ccc2c(c1)OC1(CCCC1)O2. The Balaban J connectivity index is 1.37. The number of benzene rings is 1. The van der Waals surface area contributed by atoms with Crippen LogP contribution in [0.4, 0.5) is 5.69 Å². The van der Waals surface area contributed by atoms with Crippen molar-refractivity contribution in [2.75, 3.05) is 11.1 Å². The first kappa shape index (κ1) is 16.1. The molecule has 0 bridgehead atoms. The van der Waals surface area contributed by atoms with Gasteiger partial charge < -0.3 is 20.0 Å². The summed E-state index contributed by atoms with van der Waals surface area (Å²) in [5.74, 6) is 0.877. The average molecular weight is 358 g/mol. The van der Waals surface area contributed by atoms with Crippen LogP contribution in [0, 0.1) is 5.21 Å². The van der Waals surface area contributed by atoms with Crippen molar-refractivity contribution in [1.82, 2.24) is 0 Å². The number of amides is 1. The van der Waals surface area contributed by atoms with Crippen molar-refractivity contribution in [2.24, 2.45) is 0 Å². The van der Waals surface area contributed by atoms with Crippen molar-refractivity contribution in [3.63, 3.8) is 0 Å². The van der Waals surface area contributed by atoms with Crippen LogP contribution < -0.4 is 19.5 Å². The van der Waals surface area contributed by atoms with E-state index in [0.717, 1.165) is 36.2 Å². The van der Waals surface area contributed by atoms with E-state index in [1.165, 1.54) is 18.0 Å². The number of fused-ring (bicyclic) bond motifs is 1. The second-order valence-electron chi connectivity index (χ2n) is 6.18. The topological polar surface area (TPSA) is 74.5 Å². The molecule has 2 aliphatic rings. The molecular weight excluding hydrogens is 340 g/mol. The van der Waals surface area contributed by atoms with E-state index in [9.17, 15) is 10.0 Å². The highest BCUT2D eigenvalue weighted by Crippen LogP contribution is 2.47. The molecule has 1 aliphatic heterocycles. The summed E-state index contributed by atoms with van der Waals surface area (Å²) in [6.45, 7) is 0. The monoisotopic (exact) mass is 358 g/mol. The standard InChI is InChI=1S/C18H18N2O4S/c21-16(12-25-17-5-1-4-10-20(17)22)19-13-6-7-14-15(11-13)24-18(23-14)8-2-3-9-18/h1,4-7,10-11H,2-3,8-9,12H2,(H,19,21). The van der Waals surface area contributed by atoms with Gasteiger partial charge in [-0.3, -0.25) is 4.79 Å². The second-order valence-corrected chi connectivity index (χ2v) is 7.18. The van der Waals surface area contributed by atoms with Gasteiger partial charge in [-0.15, -0.1) is 0 Å². The molecule has 2 heterocycles. The Bertz CT molecular complexity index is 805. The Kier molecular flexibility index (Phi) is 4.17. The molecule has 1 amide bonds. The molecule has 1 N–H and O–H groups in total. The molecule has 1 aromatic carbocycles. The maximum Gasteiger partial charge on any atom is 0.251 e. The number of ether oxygens (including phenoxy) is 2. The minimum Gasteiger partial charge on any atom is -0.618 e. The number of aromatic nitrogens is 1. The molecule has 1 aromatic heterocycles. The molecule has 1 saturated carbocycles. The third-order valence-corrected chi connectivity index (χ3v) is 5.34. The van der Waals surface area contributed by atoms with Gasteiger partial charge in [-0.05, 0) is 42.8 Å². The van der Waals surface area contributed by atoms with Crippen LogP contribution in [0.2, 0.25) is 0 Å². The Morgan fingerprint density at radius 2 is 2.00 bits per heavy atom. The molecule has 4 rings (SSSR count). The lowest BCUT2D eigenvalue weighted by molar-refractivity contribution is -0.645. The molecule has 0 radical (unpaired) electrons. The quantitative estimate of drug-likeness (QED) is 0.516. The van der Waals surface area contributed by atoms with Gasteiger partial charge in [0.1, 0.15) is 0 Å². The molecule has 1 spiro atoms. The zero-order chi connectivity index (χ0) is 17.3. The highest BCUT2D eigenvalue weighted by Gasteiger charge is 2.44. The normalized spacial score (nSPS) is 17.0. The van der Waals surface area contributed by atoms with E-state index >= 15 is 0 Å². The molecule has 2 aromatic rings. The van der Waals surface area contributed by atoms with E-state index in [2.05, 4.69) is 5.32 Å². The fraction of sp³-hybridized carbons (Fsp3) is 0.333. The van der Waals surface area contributed by atoms with E-state index in [4.69, 9.17) is 9.47 Å². The van der Waals surface area contributed by atoms with Gasteiger partial charge in [-0.25, -0.2) is 0 Å². The largest absolute Gasteiger partial charge is 0.618 e. The van der Waals surface area contributed by atoms with E-state index in [-0.39, 0.29) is 11.7 Å². The van der Waals surface area contributed by atoms with Gasteiger partial charge in [-0.2, -0.15) is 4.73 Å². The second kappa shape index (κ2) is 6.48. The first-order valence-corrected chi connectivity index (χ1v) is 9.25. The summed E-state index contributed by atoms with van der Waals surface area (Å²) in [4.78, 5) is 12.1. The van der Waals surface area contributed by atoms with Crippen molar-refractivity contribution in [3.05, 3.63) is 47.8 Å². The Morgan fingerprint density at radius 1 is 1.20 bits per heavy atom. The van der Waals surface area contributed by atoms with Gasteiger partial charge >= 0.3 is 0 Å². The summed E-state index contributed by atoms with van der Waals surface area (Å²) in [5, 5.41) is 14.9. The number of nitrogens with zero attached hydrogens (tertiary/aromatic N) is 1. The molecule has 130 valence electrons. The smallest absolute Gasteiger partial charge is 0.251 e. The number of anilines is 1. The van der Waals surface area contributed by atoms with Crippen molar-refractivity contribution in [2.45, 2.75) is 36.5 Å². The number of carbonyl (C=O) groups is 1. The lowest BCUT2D eigenvalue weighted by Crippen LogP contribution is -2.34. The predicted octanol–water partition coefficient (Wildman–Crippen LogP) is 3.09. The van der Waals surface area contributed by atoms with Crippen LogP contribution in [0.5, 0.6) is 11.5 Å². The van der Waals surface area contributed by atoms with Gasteiger partial charge in [0, 0.05) is 36.7 Å². The number of thioether (sulfide) groups is 1. The van der Waals surface area contributed by atoms with Gasteiger partial charge in [0.05, 0.1) is 5.75 Å².